The summed E-state index contributed by atoms with van der Waals surface area (Å²) < 4.78 is 0.993. The molecule has 1 fully saturated rings. The number of halogens is 1. The first-order valence-electron chi connectivity index (χ1n) is 7.25. The highest BCUT2D eigenvalue weighted by molar-refractivity contribution is 9.10. The number of thioether (sulfide) groups is 1. The molecule has 5 heteroatoms. The second-order valence-corrected chi connectivity index (χ2v) is 7.25. The summed E-state index contributed by atoms with van der Waals surface area (Å²) >= 11 is 4.96. The van der Waals surface area contributed by atoms with Gasteiger partial charge in [-0.3, -0.25) is 4.79 Å². The van der Waals surface area contributed by atoms with Gasteiger partial charge in [0.1, 0.15) is 5.54 Å². The molecule has 0 atom stereocenters. The number of hydrogen-bond donors (Lipinski definition) is 1. The van der Waals surface area contributed by atoms with Crippen molar-refractivity contribution in [3.8, 4) is 6.07 Å². The van der Waals surface area contributed by atoms with Gasteiger partial charge in [-0.25, -0.2) is 0 Å². The lowest BCUT2D eigenvalue weighted by molar-refractivity contribution is -0.120. The number of carbonyl (C=O) groups is 1. The summed E-state index contributed by atoms with van der Waals surface area (Å²) in [4.78, 5) is 13.2. The molecule has 0 spiro atoms. The molecule has 0 aromatic heterocycles. The van der Waals surface area contributed by atoms with E-state index in [9.17, 15) is 10.1 Å². The topological polar surface area (TPSA) is 52.9 Å². The fraction of sp³-hybridized carbons (Fsp3) is 0.500. The Kier molecular flexibility index (Phi) is 6.13. The number of amides is 1. The van der Waals surface area contributed by atoms with Crippen LogP contribution in [0.15, 0.2) is 33.6 Å². The SMILES string of the molecule is N#CC1(NC(=O)CSc2ccccc2Br)CCCCCC1. The number of nitrogens with zero attached hydrogens (tertiary/aromatic N) is 1. The van der Waals surface area contributed by atoms with Crippen molar-refractivity contribution in [2.24, 2.45) is 0 Å². The zero-order valence-electron chi connectivity index (χ0n) is 11.9. The zero-order valence-corrected chi connectivity index (χ0v) is 14.3. The van der Waals surface area contributed by atoms with Crippen molar-refractivity contribution in [2.45, 2.75) is 49.0 Å². The van der Waals surface area contributed by atoms with E-state index in [1.54, 1.807) is 0 Å². The molecular weight excluding hydrogens is 348 g/mol. The number of rotatable bonds is 4. The van der Waals surface area contributed by atoms with Crippen LogP contribution >= 0.6 is 27.7 Å². The van der Waals surface area contributed by atoms with E-state index in [1.807, 2.05) is 24.3 Å². The van der Waals surface area contributed by atoms with Gasteiger partial charge in [0.2, 0.25) is 5.91 Å². The van der Waals surface area contributed by atoms with Crippen molar-refractivity contribution >= 4 is 33.6 Å². The first-order chi connectivity index (χ1) is 10.2. The molecule has 0 aliphatic heterocycles. The van der Waals surface area contributed by atoms with E-state index >= 15 is 0 Å². The number of nitriles is 1. The number of benzene rings is 1. The maximum atomic E-state index is 12.2. The number of hydrogen-bond acceptors (Lipinski definition) is 3. The molecule has 0 saturated heterocycles. The molecule has 1 aliphatic rings. The van der Waals surface area contributed by atoms with E-state index < -0.39 is 5.54 Å². The van der Waals surface area contributed by atoms with Gasteiger partial charge < -0.3 is 5.32 Å². The van der Waals surface area contributed by atoms with Crippen molar-refractivity contribution in [1.29, 1.82) is 5.26 Å². The van der Waals surface area contributed by atoms with Gasteiger partial charge in [0.25, 0.3) is 0 Å². The summed E-state index contributed by atoms with van der Waals surface area (Å²) in [5.41, 5.74) is -0.651. The minimum absolute atomic E-state index is 0.0563. The fourth-order valence-electron chi connectivity index (χ4n) is 2.60. The molecule has 1 aliphatic carbocycles. The highest BCUT2D eigenvalue weighted by Gasteiger charge is 2.32. The molecule has 112 valence electrons. The van der Waals surface area contributed by atoms with Crippen LogP contribution in [0.5, 0.6) is 0 Å². The standard InChI is InChI=1S/C16H19BrN2OS/c17-13-7-3-4-8-14(13)21-11-15(20)19-16(12-18)9-5-1-2-6-10-16/h3-4,7-8H,1-2,5-6,9-11H2,(H,19,20). The van der Waals surface area contributed by atoms with E-state index in [2.05, 4.69) is 27.3 Å². The maximum absolute atomic E-state index is 12.2. The Bertz CT molecular complexity index is 533. The summed E-state index contributed by atoms with van der Waals surface area (Å²) in [6.07, 6.45) is 5.90. The van der Waals surface area contributed by atoms with Crippen molar-refractivity contribution in [3.63, 3.8) is 0 Å². The van der Waals surface area contributed by atoms with E-state index in [0.29, 0.717) is 5.75 Å². The van der Waals surface area contributed by atoms with Crippen molar-refractivity contribution in [1.82, 2.24) is 5.32 Å². The Morgan fingerprint density at radius 3 is 2.57 bits per heavy atom. The van der Waals surface area contributed by atoms with Gasteiger partial charge in [-0.2, -0.15) is 5.26 Å². The Labute approximate surface area is 138 Å². The second kappa shape index (κ2) is 7.86. The summed E-state index contributed by atoms with van der Waals surface area (Å²) in [6.45, 7) is 0. The lowest BCUT2D eigenvalue weighted by Gasteiger charge is -2.26. The second-order valence-electron chi connectivity index (χ2n) is 5.38. The Balaban J connectivity index is 1.91. The highest BCUT2D eigenvalue weighted by atomic mass is 79.9. The lowest BCUT2D eigenvalue weighted by Crippen LogP contribution is -2.47. The van der Waals surface area contributed by atoms with Crippen LogP contribution in [0.1, 0.15) is 38.5 Å². The van der Waals surface area contributed by atoms with Gasteiger partial charge in [-0.1, -0.05) is 37.8 Å². The molecule has 21 heavy (non-hydrogen) atoms. The highest BCUT2D eigenvalue weighted by Crippen LogP contribution is 2.29. The normalized spacial score (nSPS) is 17.5. The number of carbonyl (C=O) groups excluding carboxylic acids is 1. The molecule has 0 radical (unpaired) electrons. The molecule has 1 saturated carbocycles. The van der Waals surface area contributed by atoms with Crippen LogP contribution in [0.4, 0.5) is 0 Å². The maximum Gasteiger partial charge on any atom is 0.231 e. The molecule has 1 N–H and O–H groups in total. The third-order valence-corrected chi connectivity index (χ3v) is 5.77. The largest absolute Gasteiger partial charge is 0.337 e. The van der Waals surface area contributed by atoms with Crippen LogP contribution in [0.2, 0.25) is 0 Å². The first kappa shape index (κ1) is 16.4. The molecule has 1 aromatic carbocycles. The van der Waals surface area contributed by atoms with Gasteiger partial charge >= 0.3 is 0 Å². The summed E-state index contributed by atoms with van der Waals surface area (Å²) in [5, 5.41) is 12.4. The molecule has 1 amide bonds. The van der Waals surface area contributed by atoms with E-state index in [-0.39, 0.29) is 5.91 Å². The lowest BCUT2D eigenvalue weighted by atomic mass is 9.92. The van der Waals surface area contributed by atoms with Crippen LogP contribution < -0.4 is 5.32 Å². The average Bonchev–Trinajstić information content (AvgIpc) is 2.72. The fourth-order valence-corrected chi connectivity index (χ4v) is 3.97. The van der Waals surface area contributed by atoms with E-state index in [1.165, 1.54) is 11.8 Å². The Morgan fingerprint density at radius 1 is 1.29 bits per heavy atom. The smallest absolute Gasteiger partial charge is 0.231 e. The summed E-state index contributed by atoms with van der Waals surface area (Å²) in [7, 11) is 0. The molecule has 0 unspecified atom stereocenters. The Morgan fingerprint density at radius 2 is 1.95 bits per heavy atom. The van der Waals surface area contributed by atoms with Crippen LogP contribution in [0.25, 0.3) is 0 Å². The minimum Gasteiger partial charge on any atom is -0.337 e. The Hall–Kier alpha value is -0.990. The predicted molar refractivity (Wildman–Crippen MR) is 89.1 cm³/mol. The molecule has 1 aromatic rings. The monoisotopic (exact) mass is 366 g/mol. The van der Waals surface area contributed by atoms with Gasteiger partial charge in [0, 0.05) is 9.37 Å². The van der Waals surface area contributed by atoms with Crippen molar-refractivity contribution in [2.75, 3.05) is 5.75 Å². The third kappa shape index (κ3) is 4.76. The van der Waals surface area contributed by atoms with E-state index in [0.717, 1.165) is 47.9 Å². The molecular formula is C16H19BrN2OS. The molecule has 0 bridgehead atoms. The predicted octanol–water partition coefficient (Wildman–Crippen LogP) is 4.27. The van der Waals surface area contributed by atoms with Gasteiger partial charge in [0.15, 0.2) is 0 Å². The van der Waals surface area contributed by atoms with Gasteiger partial charge in [-0.15, -0.1) is 11.8 Å². The first-order valence-corrected chi connectivity index (χ1v) is 9.03. The van der Waals surface area contributed by atoms with Gasteiger partial charge in [0.05, 0.1) is 11.8 Å². The number of nitrogens with one attached hydrogen (secondary N) is 1. The van der Waals surface area contributed by atoms with Crippen LogP contribution in [0, 0.1) is 11.3 Å². The summed E-state index contributed by atoms with van der Waals surface area (Å²) in [6, 6.07) is 10.2. The van der Waals surface area contributed by atoms with Crippen molar-refractivity contribution in [3.05, 3.63) is 28.7 Å². The van der Waals surface area contributed by atoms with E-state index in [4.69, 9.17) is 0 Å². The average molecular weight is 367 g/mol. The van der Waals surface area contributed by atoms with Crippen LogP contribution in [-0.4, -0.2) is 17.2 Å². The minimum atomic E-state index is -0.651. The zero-order chi connectivity index (χ0) is 15.1. The third-order valence-electron chi connectivity index (χ3n) is 3.75. The molecule has 3 nitrogen and oxygen atoms in total. The van der Waals surface area contributed by atoms with Crippen LogP contribution in [0.3, 0.4) is 0 Å². The molecule has 2 rings (SSSR count). The van der Waals surface area contributed by atoms with Crippen LogP contribution in [-0.2, 0) is 4.79 Å². The quantitative estimate of drug-likeness (QED) is 0.639. The molecule has 0 heterocycles. The van der Waals surface area contributed by atoms with Crippen molar-refractivity contribution < 1.29 is 4.79 Å². The van der Waals surface area contributed by atoms with Gasteiger partial charge in [-0.05, 0) is 40.9 Å². The summed E-state index contributed by atoms with van der Waals surface area (Å²) in [5.74, 6) is 0.283.